The van der Waals surface area contributed by atoms with Gasteiger partial charge < -0.3 is 20.5 Å². The lowest BCUT2D eigenvalue weighted by Crippen LogP contribution is -2.44. The first-order valence-electron chi connectivity index (χ1n) is 8.85. The number of sulfone groups is 1. The Morgan fingerprint density at radius 1 is 1.21 bits per heavy atom. The first-order valence-corrected chi connectivity index (χ1v) is 10.7. The summed E-state index contributed by atoms with van der Waals surface area (Å²) in [7, 11) is -3.22. The van der Waals surface area contributed by atoms with Gasteiger partial charge in [-0.05, 0) is 29.8 Å². The van der Waals surface area contributed by atoms with Crippen LogP contribution in [0.15, 0.2) is 53.7 Å². The van der Waals surface area contributed by atoms with Gasteiger partial charge in [-0.25, -0.2) is 8.42 Å². The lowest BCUT2D eigenvalue weighted by molar-refractivity contribution is 0.0398. The molecule has 1 aliphatic heterocycles. The summed E-state index contributed by atoms with van der Waals surface area (Å²) < 4.78 is 28.6. The minimum Gasteiger partial charge on any atom is -0.389 e. The van der Waals surface area contributed by atoms with E-state index < -0.39 is 22.0 Å². The van der Waals surface area contributed by atoms with Gasteiger partial charge in [-0.15, -0.1) is 0 Å². The van der Waals surface area contributed by atoms with Gasteiger partial charge in [-0.2, -0.15) is 0 Å². The highest BCUT2D eigenvalue weighted by Gasteiger charge is 2.35. The van der Waals surface area contributed by atoms with E-state index in [-0.39, 0.29) is 23.4 Å². The van der Waals surface area contributed by atoms with Gasteiger partial charge in [-0.1, -0.05) is 12.1 Å². The van der Waals surface area contributed by atoms with Crippen molar-refractivity contribution >= 4 is 15.7 Å². The number of nitrogens with one attached hydrogen (secondary N) is 2. The maximum atomic E-state index is 12.1. The van der Waals surface area contributed by atoms with E-state index in [0.717, 1.165) is 5.56 Å². The molecule has 1 fully saturated rings. The van der Waals surface area contributed by atoms with Gasteiger partial charge >= 0.3 is 0 Å². The van der Waals surface area contributed by atoms with Gasteiger partial charge in [-0.3, -0.25) is 9.78 Å². The van der Waals surface area contributed by atoms with Crippen LogP contribution in [-0.4, -0.2) is 62.1 Å². The van der Waals surface area contributed by atoms with Gasteiger partial charge in [0, 0.05) is 37.3 Å². The first kappa shape index (κ1) is 20.4. The number of aromatic nitrogens is 1. The van der Waals surface area contributed by atoms with Gasteiger partial charge in [0.25, 0.3) is 5.91 Å². The highest BCUT2D eigenvalue weighted by Crippen LogP contribution is 2.16. The fraction of sp³-hybridized carbons (Fsp3) is 0.368. The fourth-order valence-electron chi connectivity index (χ4n) is 2.94. The summed E-state index contributed by atoms with van der Waals surface area (Å²) in [6.45, 7) is 0.979. The standard InChI is InChI=1S/C19H23N3O5S/c1-28(25,26)15-4-2-13(3-5-15)10-21-16-12-27-17(18(16)23)11-22-19(24)14-6-8-20-9-7-14/h2-9,16-18,21,23H,10-12H2,1H3,(H,22,24). The van der Waals surface area contributed by atoms with E-state index in [9.17, 15) is 18.3 Å². The Balaban J connectivity index is 1.47. The number of carbonyl (C=O) groups excluding carboxylic acids is 1. The molecule has 1 amide bonds. The summed E-state index contributed by atoms with van der Waals surface area (Å²) in [5.41, 5.74) is 1.39. The lowest BCUT2D eigenvalue weighted by atomic mass is 10.1. The van der Waals surface area contributed by atoms with Gasteiger partial charge in [0.05, 0.1) is 23.6 Å². The number of ether oxygens (including phenoxy) is 1. The Morgan fingerprint density at radius 3 is 2.54 bits per heavy atom. The lowest BCUT2D eigenvalue weighted by Gasteiger charge is -2.19. The largest absolute Gasteiger partial charge is 0.389 e. The van der Waals surface area contributed by atoms with Crippen LogP contribution in [0.2, 0.25) is 0 Å². The average Bonchev–Trinajstić information content (AvgIpc) is 3.04. The molecule has 0 bridgehead atoms. The molecule has 0 spiro atoms. The zero-order chi connectivity index (χ0) is 20.1. The van der Waals surface area contributed by atoms with Crippen LogP contribution in [0.4, 0.5) is 0 Å². The zero-order valence-corrected chi connectivity index (χ0v) is 16.2. The fourth-order valence-corrected chi connectivity index (χ4v) is 3.58. The number of aliphatic hydroxyl groups excluding tert-OH is 1. The third-order valence-electron chi connectivity index (χ3n) is 4.61. The van der Waals surface area contributed by atoms with Crippen LogP contribution in [0.1, 0.15) is 15.9 Å². The third kappa shape index (κ3) is 5.14. The van der Waals surface area contributed by atoms with Crippen molar-refractivity contribution in [2.45, 2.75) is 29.7 Å². The molecule has 28 heavy (non-hydrogen) atoms. The Bertz CT molecular complexity index is 903. The van der Waals surface area contributed by atoms with Crippen molar-refractivity contribution in [3.05, 3.63) is 59.9 Å². The van der Waals surface area contributed by atoms with E-state index in [1.165, 1.54) is 18.6 Å². The van der Waals surface area contributed by atoms with Gasteiger partial charge in [0.1, 0.15) is 6.10 Å². The number of hydrogen-bond donors (Lipinski definition) is 3. The molecule has 150 valence electrons. The maximum Gasteiger partial charge on any atom is 0.251 e. The van der Waals surface area contributed by atoms with E-state index in [4.69, 9.17) is 4.74 Å². The average molecular weight is 405 g/mol. The summed E-state index contributed by atoms with van der Waals surface area (Å²) in [6, 6.07) is 9.53. The molecule has 1 saturated heterocycles. The van der Waals surface area contributed by atoms with Crippen LogP contribution in [0, 0.1) is 0 Å². The van der Waals surface area contributed by atoms with Gasteiger partial charge in [0.15, 0.2) is 9.84 Å². The summed E-state index contributed by atoms with van der Waals surface area (Å²) in [4.78, 5) is 16.2. The van der Waals surface area contributed by atoms with Crippen molar-refractivity contribution < 1.29 is 23.1 Å². The molecule has 1 aromatic carbocycles. The van der Waals surface area contributed by atoms with Crippen LogP contribution < -0.4 is 10.6 Å². The third-order valence-corrected chi connectivity index (χ3v) is 5.74. The second kappa shape index (κ2) is 8.78. The van der Waals surface area contributed by atoms with Crippen LogP contribution in [0.5, 0.6) is 0 Å². The van der Waals surface area contributed by atoms with Crippen molar-refractivity contribution in [3.8, 4) is 0 Å². The van der Waals surface area contributed by atoms with Crippen LogP contribution >= 0.6 is 0 Å². The molecule has 9 heteroatoms. The molecular weight excluding hydrogens is 382 g/mol. The first-order chi connectivity index (χ1) is 13.3. The number of rotatable bonds is 7. The van der Waals surface area contributed by atoms with Crippen LogP contribution in [0.25, 0.3) is 0 Å². The summed E-state index contributed by atoms with van der Waals surface area (Å²) in [5.74, 6) is -0.249. The number of benzene rings is 1. The second-order valence-electron chi connectivity index (χ2n) is 6.71. The van der Waals surface area contributed by atoms with Gasteiger partial charge in [0.2, 0.25) is 0 Å². The molecule has 3 N–H and O–H groups in total. The number of pyridine rings is 1. The van der Waals surface area contributed by atoms with Crippen molar-refractivity contribution in [3.63, 3.8) is 0 Å². The van der Waals surface area contributed by atoms with Crippen molar-refractivity contribution in [1.29, 1.82) is 0 Å². The SMILES string of the molecule is CS(=O)(=O)c1ccc(CNC2COC(CNC(=O)c3ccncc3)C2O)cc1. The summed E-state index contributed by atoms with van der Waals surface area (Å²) in [5, 5.41) is 16.4. The minimum atomic E-state index is -3.22. The monoisotopic (exact) mass is 405 g/mol. The number of aliphatic hydroxyl groups is 1. The Morgan fingerprint density at radius 2 is 1.89 bits per heavy atom. The number of nitrogens with zero attached hydrogens (tertiary/aromatic N) is 1. The molecule has 1 aliphatic rings. The van der Waals surface area contributed by atoms with E-state index in [1.54, 1.807) is 36.4 Å². The minimum absolute atomic E-state index is 0.198. The molecule has 8 nitrogen and oxygen atoms in total. The summed E-state index contributed by atoms with van der Waals surface area (Å²) in [6.07, 6.45) is 2.97. The molecule has 3 unspecified atom stereocenters. The molecule has 2 aromatic rings. The highest BCUT2D eigenvalue weighted by atomic mass is 32.2. The molecule has 0 aliphatic carbocycles. The Hall–Kier alpha value is -2.33. The zero-order valence-electron chi connectivity index (χ0n) is 15.4. The highest BCUT2D eigenvalue weighted by molar-refractivity contribution is 7.90. The summed E-state index contributed by atoms with van der Waals surface area (Å²) >= 11 is 0. The number of amides is 1. The molecule has 3 atom stereocenters. The van der Waals surface area contributed by atoms with Crippen molar-refractivity contribution in [1.82, 2.24) is 15.6 Å². The Labute approximate surface area is 163 Å². The van der Waals surface area contributed by atoms with E-state index >= 15 is 0 Å². The Kier molecular flexibility index (Phi) is 6.40. The molecule has 0 saturated carbocycles. The molecular formula is C19H23N3O5S. The smallest absolute Gasteiger partial charge is 0.251 e. The number of carbonyl (C=O) groups is 1. The van der Waals surface area contributed by atoms with E-state index in [2.05, 4.69) is 15.6 Å². The quantitative estimate of drug-likeness (QED) is 0.599. The van der Waals surface area contributed by atoms with Crippen LogP contribution in [-0.2, 0) is 21.1 Å². The van der Waals surface area contributed by atoms with E-state index in [1.807, 2.05) is 0 Å². The molecule has 3 rings (SSSR count). The van der Waals surface area contributed by atoms with E-state index in [0.29, 0.717) is 18.7 Å². The molecule has 1 aromatic heterocycles. The predicted octanol–water partition coefficient (Wildman–Crippen LogP) is 0.133. The maximum absolute atomic E-state index is 12.1. The predicted molar refractivity (Wildman–Crippen MR) is 102 cm³/mol. The van der Waals surface area contributed by atoms with Crippen LogP contribution in [0.3, 0.4) is 0 Å². The van der Waals surface area contributed by atoms with Crippen molar-refractivity contribution in [2.24, 2.45) is 0 Å². The topological polar surface area (TPSA) is 118 Å². The normalized spacial score (nSPS) is 22.1. The van der Waals surface area contributed by atoms with Crippen molar-refractivity contribution in [2.75, 3.05) is 19.4 Å². The second-order valence-corrected chi connectivity index (χ2v) is 8.73. The molecule has 2 heterocycles. The number of hydrogen-bond acceptors (Lipinski definition) is 7. The molecule has 0 radical (unpaired) electrons.